The summed E-state index contributed by atoms with van der Waals surface area (Å²) in [5.41, 5.74) is 5.25. The van der Waals surface area contributed by atoms with Crippen LogP contribution in [0.15, 0.2) is 0 Å². The molecule has 0 radical (unpaired) electrons. The average Bonchev–Trinajstić information content (AvgIpc) is 2.34. The van der Waals surface area contributed by atoms with Gasteiger partial charge in [0.1, 0.15) is 0 Å². The van der Waals surface area contributed by atoms with Gasteiger partial charge in [0.25, 0.3) is 0 Å². The van der Waals surface area contributed by atoms with Gasteiger partial charge in [-0.1, -0.05) is 0 Å². The van der Waals surface area contributed by atoms with Crippen LogP contribution in [0.4, 0.5) is 0 Å². The van der Waals surface area contributed by atoms with Crippen LogP contribution in [0.1, 0.15) is 32.1 Å². The van der Waals surface area contributed by atoms with E-state index in [9.17, 15) is 9.90 Å². The van der Waals surface area contributed by atoms with Crippen molar-refractivity contribution in [2.24, 2.45) is 17.6 Å². The van der Waals surface area contributed by atoms with Gasteiger partial charge in [-0.25, -0.2) is 0 Å². The molecule has 4 nitrogen and oxygen atoms in total. The summed E-state index contributed by atoms with van der Waals surface area (Å²) >= 11 is 12.6. The number of rotatable bonds is 3. The van der Waals surface area contributed by atoms with Crippen molar-refractivity contribution in [2.45, 2.75) is 55.0 Å². The van der Waals surface area contributed by atoms with Crippen molar-refractivity contribution in [1.82, 2.24) is 5.32 Å². The molecule has 2 fully saturated rings. The molecule has 0 aromatic rings. The lowest BCUT2D eigenvalue weighted by atomic mass is 9.72. The standard InChI is InChI=1S/C13H22Cl2N2O2/c14-9-1-2-10(18)12(13(9)15)7-3-4-17-8(5-7)6-11(16)19/h7-10,12-13,17-18H,1-6H2,(H2,16,19)/t7-,8+,9?,10?,12-,13?/m1/s1. The fourth-order valence-electron chi connectivity index (χ4n) is 3.50. The Balaban J connectivity index is 2.00. The summed E-state index contributed by atoms with van der Waals surface area (Å²) in [4.78, 5) is 11.0. The lowest BCUT2D eigenvalue weighted by Gasteiger charge is -2.43. The number of halogens is 2. The maximum atomic E-state index is 11.0. The number of aliphatic hydroxyl groups is 1. The van der Waals surface area contributed by atoms with Crippen LogP contribution < -0.4 is 11.1 Å². The van der Waals surface area contributed by atoms with Crippen molar-refractivity contribution < 1.29 is 9.90 Å². The van der Waals surface area contributed by atoms with Crippen LogP contribution in [0.2, 0.25) is 0 Å². The van der Waals surface area contributed by atoms with Gasteiger partial charge in [-0.15, -0.1) is 23.2 Å². The molecule has 1 saturated heterocycles. The predicted molar refractivity (Wildman–Crippen MR) is 76.3 cm³/mol. The molecule has 2 rings (SSSR count). The molecule has 19 heavy (non-hydrogen) atoms. The monoisotopic (exact) mass is 308 g/mol. The van der Waals surface area contributed by atoms with Gasteiger partial charge in [-0.3, -0.25) is 4.79 Å². The predicted octanol–water partition coefficient (Wildman–Crippen LogP) is 1.22. The molecule has 4 N–H and O–H groups in total. The van der Waals surface area contributed by atoms with Crippen molar-refractivity contribution in [2.75, 3.05) is 6.54 Å². The summed E-state index contributed by atoms with van der Waals surface area (Å²) in [6, 6.07) is 0.100. The maximum absolute atomic E-state index is 11.0. The van der Waals surface area contributed by atoms with E-state index in [1.165, 1.54) is 0 Å². The number of nitrogens with one attached hydrogen (secondary N) is 1. The van der Waals surface area contributed by atoms with Gasteiger partial charge in [-0.2, -0.15) is 0 Å². The number of amides is 1. The van der Waals surface area contributed by atoms with E-state index in [1.807, 2.05) is 0 Å². The maximum Gasteiger partial charge on any atom is 0.218 e. The zero-order valence-electron chi connectivity index (χ0n) is 10.9. The second-order valence-electron chi connectivity index (χ2n) is 5.79. The highest BCUT2D eigenvalue weighted by Crippen LogP contribution is 2.40. The highest BCUT2D eigenvalue weighted by Gasteiger charge is 2.42. The molecule has 0 aromatic heterocycles. The fourth-order valence-corrected chi connectivity index (χ4v) is 4.29. The molecule has 1 aliphatic heterocycles. The van der Waals surface area contributed by atoms with E-state index >= 15 is 0 Å². The zero-order valence-corrected chi connectivity index (χ0v) is 12.4. The van der Waals surface area contributed by atoms with E-state index < -0.39 is 0 Å². The van der Waals surface area contributed by atoms with E-state index in [0.29, 0.717) is 18.8 Å². The van der Waals surface area contributed by atoms with E-state index in [4.69, 9.17) is 28.9 Å². The molecule has 6 heteroatoms. The van der Waals surface area contributed by atoms with Crippen molar-refractivity contribution in [3.8, 4) is 0 Å². The highest BCUT2D eigenvalue weighted by atomic mass is 35.5. The van der Waals surface area contributed by atoms with Crippen LogP contribution in [0.25, 0.3) is 0 Å². The van der Waals surface area contributed by atoms with E-state index in [1.54, 1.807) is 0 Å². The van der Waals surface area contributed by atoms with Gasteiger partial charge in [0.2, 0.25) is 5.91 Å². The van der Waals surface area contributed by atoms with Gasteiger partial charge in [0, 0.05) is 18.4 Å². The molecule has 0 aromatic carbocycles. The van der Waals surface area contributed by atoms with Crippen LogP contribution in [0.5, 0.6) is 0 Å². The molecular formula is C13H22Cl2N2O2. The normalized spacial score (nSPS) is 43.9. The van der Waals surface area contributed by atoms with Crippen molar-refractivity contribution in [1.29, 1.82) is 0 Å². The molecule has 2 aliphatic rings. The summed E-state index contributed by atoms with van der Waals surface area (Å²) < 4.78 is 0. The molecular weight excluding hydrogens is 287 g/mol. The summed E-state index contributed by atoms with van der Waals surface area (Å²) in [5.74, 6) is 0.0417. The van der Waals surface area contributed by atoms with Gasteiger partial charge in [0.05, 0.1) is 16.9 Å². The number of primary amides is 1. The highest BCUT2D eigenvalue weighted by molar-refractivity contribution is 6.30. The minimum Gasteiger partial charge on any atom is -0.393 e. The van der Waals surface area contributed by atoms with Crippen molar-refractivity contribution in [3.63, 3.8) is 0 Å². The van der Waals surface area contributed by atoms with Gasteiger partial charge >= 0.3 is 0 Å². The van der Waals surface area contributed by atoms with Gasteiger partial charge in [-0.05, 0) is 38.1 Å². The molecule has 0 spiro atoms. The molecule has 1 saturated carbocycles. The Morgan fingerprint density at radius 2 is 2.05 bits per heavy atom. The number of carbonyl (C=O) groups is 1. The molecule has 3 unspecified atom stereocenters. The number of piperidine rings is 1. The number of alkyl halides is 2. The number of nitrogens with two attached hydrogens (primary N) is 1. The first kappa shape index (κ1) is 15.4. The third kappa shape index (κ3) is 3.75. The third-order valence-corrected chi connectivity index (χ3v) is 5.64. The third-order valence-electron chi connectivity index (χ3n) is 4.42. The van der Waals surface area contributed by atoms with Crippen LogP contribution >= 0.6 is 23.2 Å². The Kier molecular flexibility index (Phi) is 5.35. The Labute approximate surface area is 124 Å². The molecule has 6 atom stereocenters. The van der Waals surface area contributed by atoms with Crippen molar-refractivity contribution in [3.05, 3.63) is 0 Å². The zero-order chi connectivity index (χ0) is 14.0. The largest absolute Gasteiger partial charge is 0.393 e. The number of hydrogen-bond acceptors (Lipinski definition) is 3. The first-order chi connectivity index (χ1) is 8.99. The van der Waals surface area contributed by atoms with Gasteiger partial charge in [0.15, 0.2) is 0 Å². The summed E-state index contributed by atoms with van der Waals surface area (Å²) in [5, 5.41) is 13.3. The van der Waals surface area contributed by atoms with Crippen molar-refractivity contribution >= 4 is 29.1 Å². The van der Waals surface area contributed by atoms with Crippen LogP contribution in [-0.4, -0.2) is 40.5 Å². The lowest BCUT2D eigenvalue weighted by molar-refractivity contribution is -0.118. The Hall–Kier alpha value is -0.0300. The van der Waals surface area contributed by atoms with Crippen LogP contribution in [-0.2, 0) is 4.79 Å². The van der Waals surface area contributed by atoms with E-state index in [2.05, 4.69) is 5.32 Å². The molecule has 1 amide bonds. The Bertz CT molecular complexity index is 330. The molecule has 1 heterocycles. The van der Waals surface area contributed by atoms with E-state index in [-0.39, 0.29) is 34.7 Å². The lowest BCUT2D eigenvalue weighted by Crippen LogP contribution is -2.49. The number of aliphatic hydroxyl groups excluding tert-OH is 1. The quantitative estimate of drug-likeness (QED) is 0.686. The number of carbonyl (C=O) groups excluding carboxylic acids is 1. The smallest absolute Gasteiger partial charge is 0.218 e. The summed E-state index contributed by atoms with van der Waals surface area (Å²) in [6.45, 7) is 0.836. The topological polar surface area (TPSA) is 75.4 Å². The second kappa shape index (κ2) is 6.61. The van der Waals surface area contributed by atoms with Crippen LogP contribution in [0.3, 0.4) is 0 Å². The Morgan fingerprint density at radius 1 is 1.32 bits per heavy atom. The minimum atomic E-state index is -0.380. The Morgan fingerprint density at radius 3 is 2.74 bits per heavy atom. The second-order valence-corrected chi connectivity index (χ2v) is 6.85. The minimum absolute atomic E-state index is 0.0235. The summed E-state index contributed by atoms with van der Waals surface area (Å²) in [7, 11) is 0. The van der Waals surface area contributed by atoms with Crippen LogP contribution in [0, 0.1) is 11.8 Å². The SMILES string of the molecule is NC(=O)C[C@@H]1C[C@H]([C@@H]2C(O)CCC(Cl)C2Cl)CCN1. The molecule has 1 aliphatic carbocycles. The first-order valence-corrected chi connectivity index (χ1v) is 7.84. The average molecular weight is 309 g/mol. The molecule has 0 bridgehead atoms. The van der Waals surface area contributed by atoms with Gasteiger partial charge < -0.3 is 16.2 Å². The molecule has 110 valence electrons. The van der Waals surface area contributed by atoms with E-state index in [0.717, 1.165) is 25.8 Å². The summed E-state index contributed by atoms with van der Waals surface area (Å²) in [6.07, 6.45) is 3.24. The first-order valence-electron chi connectivity index (χ1n) is 6.97. The number of hydrogen-bond donors (Lipinski definition) is 3. The fraction of sp³-hybridized carbons (Fsp3) is 0.923.